The van der Waals surface area contributed by atoms with E-state index in [9.17, 15) is 14.4 Å². The number of aromatic amines is 1. The van der Waals surface area contributed by atoms with Crippen molar-refractivity contribution in [3.8, 4) is 0 Å². The maximum atomic E-state index is 12.9. The number of fused-ring (bicyclic) bond motifs is 1. The maximum Gasteiger partial charge on any atom is 0.349 e. The van der Waals surface area contributed by atoms with Crippen LogP contribution in [0.25, 0.3) is 11.0 Å². The number of rotatable bonds is 2. The van der Waals surface area contributed by atoms with Crippen molar-refractivity contribution in [2.45, 2.75) is 6.42 Å². The van der Waals surface area contributed by atoms with E-state index in [4.69, 9.17) is 4.42 Å². The minimum atomic E-state index is -0.637. The number of nitrogens with zero attached hydrogens (tertiary/aromatic N) is 2. The molecule has 2 amide bonds. The summed E-state index contributed by atoms with van der Waals surface area (Å²) in [5.41, 5.74) is 0.377. The van der Waals surface area contributed by atoms with Gasteiger partial charge in [-0.3, -0.25) is 9.59 Å². The Bertz CT molecular complexity index is 1040. The molecule has 1 fully saturated rings. The Morgan fingerprint density at radius 3 is 2.41 bits per heavy atom. The molecule has 0 bridgehead atoms. The van der Waals surface area contributed by atoms with Gasteiger partial charge in [-0.05, 0) is 30.7 Å². The van der Waals surface area contributed by atoms with E-state index < -0.39 is 5.63 Å². The zero-order chi connectivity index (χ0) is 18.8. The molecule has 3 heterocycles. The highest BCUT2D eigenvalue weighted by atomic mass is 16.4. The van der Waals surface area contributed by atoms with Crippen LogP contribution in [-0.2, 0) is 0 Å². The van der Waals surface area contributed by atoms with Crippen LogP contribution in [0.2, 0.25) is 0 Å². The van der Waals surface area contributed by atoms with Gasteiger partial charge < -0.3 is 19.2 Å². The second kappa shape index (κ2) is 7.11. The number of nitrogens with one attached hydrogen (secondary N) is 1. The maximum absolute atomic E-state index is 12.9. The molecular formula is C20H19N3O4. The lowest BCUT2D eigenvalue weighted by Gasteiger charge is -2.21. The van der Waals surface area contributed by atoms with Gasteiger partial charge in [0.25, 0.3) is 11.8 Å². The smallest absolute Gasteiger partial charge is 0.349 e. The molecule has 4 rings (SSSR count). The van der Waals surface area contributed by atoms with Crippen LogP contribution in [0.5, 0.6) is 0 Å². The summed E-state index contributed by atoms with van der Waals surface area (Å²) in [5, 5.41) is 0.707. The van der Waals surface area contributed by atoms with Crippen molar-refractivity contribution >= 4 is 22.8 Å². The van der Waals surface area contributed by atoms with Gasteiger partial charge in [0.2, 0.25) is 0 Å². The fourth-order valence-corrected chi connectivity index (χ4v) is 3.34. The number of carbonyl (C=O) groups is 2. The van der Waals surface area contributed by atoms with E-state index in [2.05, 4.69) is 4.98 Å². The Labute approximate surface area is 155 Å². The average Bonchev–Trinajstić information content (AvgIpc) is 3.11. The fourth-order valence-electron chi connectivity index (χ4n) is 3.34. The number of aromatic nitrogens is 1. The Balaban J connectivity index is 1.52. The van der Waals surface area contributed by atoms with Gasteiger partial charge in [0.1, 0.15) is 16.8 Å². The topological polar surface area (TPSA) is 86.6 Å². The van der Waals surface area contributed by atoms with Crippen molar-refractivity contribution in [3.05, 3.63) is 70.3 Å². The molecule has 1 aliphatic rings. The van der Waals surface area contributed by atoms with E-state index >= 15 is 0 Å². The molecule has 138 valence electrons. The van der Waals surface area contributed by atoms with E-state index in [0.717, 1.165) is 0 Å². The molecule has 1 aliphatic heterocycles. The molecule has 27 heavy (non-hydrogen) atoms. The van der Waals surface area contributed by atoms with Gasteiger partial charge >= 0.3 is 5.63 Å². The van der Waals surface area contributed by atoms with Crippen molar-refractivity contribution in [1.82, 2.24) is 14.8 Å². The van der Waals surface area contributed by atoms with E-state index in [0.29, 0.717) is 49.3 Å². The molecular weight excluding hydrogens is 346 g/mol. The first-order valence-corrected chi connectivity index (χ1v) is 8.88. The number of hydrogen-bond donors (Lipinski definition) is 1. The molecule has 0 spiro atoms. The number of hydrogen-bond acceptors (Lipinski definition) is 4. The third kappa shape index (κ3) is 3.36. The number of benzene rings is 1. The van der Waals surface area contributed by atoms with Gasteiger partial charge in [-0.1, -0.05) is 18.2 Å². The summed E-state index contributed by atoms with van der Waals surface area (Å²) in [4.78, 5) is 43.9. The van der Waals surface area contributed by atoms with Crippen molar-refractivity contribution in [3.63, 3.8) is 0 Å². The lowest BCUT2D eigenvalue weighted by molar-refractivity contribution is 0.0714. The Hall–Kier alpha value is -3.35. The predicted octanol–water partition coefficient (Wildman–Crippen LogP) is 2.11. The van der Waals surface area contributed by atoms with Crippen LogP contribution in [-0.4, -0.2) is 52.8 Å². The second-order valence-corrected chi connectivity index (χ2v) is 6.51. The highest BCUT2D eigenvalue weighted by Gasteiger charge is 2.25. The molecule has 0 unspecified atom stereocenters. The summed E-state index contributed by atoms with van der Waals surface area (Å²) >= 11 is 0. The normalized spacial score (nSPS) is 15.0. The summed E-state index contributed by atoms with van der Waals surface area (Å²) in [6.45, 7) is 1.84. The van der Waals surface area contributed by atoms with Crippen LogP contribution >= 0.6 is 0 Å². The first-order valence-electron chi connectivity index (χ1n) is 8.88. The predicted molar refractivity (Wildman–Crippen MR) is 99.7 cm³/mol. The number of para-hydroxylation sites is 1. The van der Waals surface area contributed by atoms with Crippen LogP contribution in [0, 0.1) is 0 Å². The van der Waals surface area contributed by atoms with E-state index in [1.54, 1.807) is 52.4 Å². The Kier molecular flexibility index (Phi) is 4.50. The first kappa shape index (κ1) is 17.1. The van der Waals surface area contributed by atoms with Crippen LogP contribution < -0.4 is 5.63 Å². The van der Waals surface area contributed by atoms with Gasteiger partial charge in [-0.25, -0.2) is 4.79 Å². The molecule has 0 saturated carbocycles. The molecule has 0 atom stereocenters. The van der Waals surface area contributed by atoms with Gasteiger partial charge in [0.15, 0.2) is 0 Å². The zero-order valence-corrected chi connectivity index (χ0v) is 14.7. The van der Waals surface area contributed by atoms with Crippen molar-refractivity contribution in [1.29, 1.82) is 0 Å². The third-order valence-corrected chi connectivity index (χ3v) is 4.77. The minimum absolute atomic E-state index is 0.0258. The molecule has 1 saturated heterocycles. The standard InChI is InChI=1S/C20H19N3O4/c24-18(15-13-14-5-1-2-7-17(14)27-20(15)26)22-9-4-10-23(12-11-22)19(25)16-6-3-8-21-16/h1-3,5-8,13,21H,4,9-12H2. The van der Waals surface area contributed by atoms with E-state index in [1.165, 1.54) is 0 Å². The molecule has 3 aromatic rings. The summed E-state index contributed by atoms with van der Waals surface area (Å²) in [5.74, 6) is -0.441. The zero-order valence-electron chi connectivity index (χ0n) is 14.7. The quantitative estimate of drug-likeness (QED) is 0.705. The lowest BCUT2D eigenvalue weighted by atomic mass is 10.1. The van der Waals surface area contributed by atoms with Gasteiger partial charge in [-0.2, -0.15) is 0 Å². The van der Waals surface area contributed by atoms with Gasteiger partial charge in [0, 0.05) is 37.8 Å². The van der Waals surface area contributed by atoms with Gasteiger partial charge in [-0.15, -0.1) is 0 Å². The lowest BCUT2D eigenvalue weighted by Crippen LogP contribution is -2.38. The summed E-state index contributed by atoms with van der Waals surface area (Å²) in [6, 6.07) is 12.2. The van der Waals surface area contributed by atoms with Crippen LogP contribution in [0.1, 0.15) is 27.3 Å². The van der Waals surface area contributed by atoms with Crippen molar-refractivity contribution in [2.24, 2.45) is 0 Å². The molecule has 0 radical (unpaired) electrons. The average molecular weight is 365 g/mol. The molecule has 2 aromatic heterocycles. The van der Waals surface area contributed by atoms with E-state index in [1.807, 2.05) is 6.07 Å². The molecule has 1 aromatic carbocycles. The highest BCUT2D eigenvalue weighted by Crippen LogP contribution is 2.15. The van der Waals surface area contributed by atoms with Crippen LogP contribution in [0.4, 0.5) is 0 Å². The molecule has 0 aliphatic carbocycles. The number of amides is 2. The minimum Gasteiger partial charge on any atom is -0.422 e. The molecule has 7 nitrogen and oxygen atoms in total. The summed E-state index contributed by atoms with van der Waals surface area (Å²) in [7, 11) is 0. The van der Waals surface area contributed by atoms with E-state index in [-0.39, 0.29) is 17.4 Å². The summed E-state index contributed by atoms with van der Waals surface area (Å²) < 4.78 is 5.27. The largest absolute Gasteiger partial charge is 0.422 e. The Morgan fingerprint density at radius 1 is 0.926 bits per heavy atom. The van der Waals surface area contributed by atoms with Gasteiger partial charge in [0.05, 0.1) is 0 Å². The number of carbonyl (C=O) groups excluding carboxylic acids is 2. The fraction of sp³-hybridized carbons (Fsp3) is 0.250. The Morgan fingerprint density at radius 2 is 1.67 bits per heavy atom. The molecule has 1 N–H and O–H groups in total. The SMILES string of the molecule is O=C(c1ccc[nH]1)N1CCCN(C(=O)c2cc3ccccc3oc2=O)CC1. The number of H-pyrrole nitrogens is 1. The van der Waals surface area contributed by atoms with Crippen LogP contribution in [0.15, 0.2) is 57.9 Å². The van der Waals surface area contributed by atoms with Crippen LogP contribution in [0.3, 0.4) is 0 Å². The monoisotopic (exact) mass is 365 g/mol. The highest BCUT2D eigenvalue weighted by molar-refractivity contribution is 5.97. The first-order chi connectivity index (χ1) is 13.1. The summed E-state index contributed by atoms with van der Waals surface area (Å²) in [6.07, 6.45) is 2.36. The second-order valence-electron chi connectivity index (χ2n) is 6.51. The van der Waals surface area contributed by atoms with Crippen molar-refractivity contribution in [2.75, 3.05) is 26.2 Å². The van der Waals surface area contributed by atoms with Crippen molar-refractivity contribution < 1.29 is 14.0 Å². The third-order valence-electron chi connectivity index (χ3n) is 4.77. The molecule has 7 heteroatoms.